The third-order valence-corrected chi connectivity index (χ3v) is 5.51. The fourth-order valence-corrected chi connectivity index (χ4v) is 4.03. The minimum absolute atomic E-state index is 0.0568. The largest absolute Gasteiger partial charge is 0.399 e. The van der Waals surface area contributed by atoms with Crippen molar-refractivity contribution in [3.8, 4) is 0 Å². The van der Waals surface area contributed by atoms with E-state index in [0.29, 0.717) is 24.6 Å². The van der Waals surface area contributed by atoms with Crippen molar-refractivity contribution in [2.45, 2.75) is 18.0 Å². The van der Waals surface area contributed by atoms with Gasteiger partial charge in [-0.15, -0.1) is 10.2 Å². The standard InChI is InChI=1S/C11H12ClN5O2S/c12-9-5-8(13)1-2-10(9)20(18,19)17-4-3-16-7-14-15-11(16)6-17/h1-2,5,7H,3-4,6,13H2. The number of hydrogen-bond acceptors (Lipinski definition) is 5. The summed E-state index contributed by atoms with van der Waals surface area (Å²) in [6.07, 6.45) is 1.59. The Labute approximate surface area is 121 Å². The van der Waals surface area contributed by atoms with Crippen molar-refractivity contribution in [3.63, 3.8) is 0 Å². The van der Waals surface area contributed by atoms with Crippen molar-refractivity contribution in [3.05, 3.63) is 35.4 Å². The molecule has 0 atom stereocenters. The lowest BCUT2D eigenvalue weighted by Crippen LogP contribution is -2.38. The Hall–Kier alpha value is -1.64. The van der Waals surface area contributed by atoms with E-state index in [1.165, 1.54) is 22.5 Å². The maximum atomic E-state index is 12.6. The van der Waals surface area contributed by atoms with Gasteiger partial charge in [-0.2, -0.15) is 4.31 Å². The van der Waals surface area contributed by atoms with E-state index in [1.807, 2.05) is 4.57 Å². The third-order valence-electron chi connectivity index (χ3n) is 3.18. The van der Waals surface area contributed by atoms with Crippen molar-refractivity contribution in [1.82, 2.24) is 19.1 Å². The number of sulfonamides is 1. The average Bonchev–Trinajstić information content (AvgIpc) is 2.85. The first-order valence-electron chi connectivity index (χ1n) is 5.90. The molecule has 7 nitrogen and oxygen atoms in total. The fraction of sp³-hybridized carbons (Fsp3) is 0.273. The van der Waals surface area contributed by atoms with Crippen LogP contribution in [0.2, 0.25) is 5.02 Å². The maximum Gasteiger partial charge on any atom is 0.245 e. The Morgan fingerprint density at radius 2 is 2.10 bits per heavy atom. The van der Waals surface area contributed by atoms with E-state index in [2.05, 4.69) is 10.2 Å². The fourth-order valence-electron chi connectivity index (χ4n) is 2.11. The number of nitrogen functional groups attached to an aromatic ring is 1. The highest BCUT2D eigenvalue weighted by molar-refractivity contribution is 7.89. The van der Waals surface area contributed by atoms with Gasteiger partial charge in [0, 0.05) is 18.8 Å². The first-order chi connectivity index (χ1) is 9.48. The molecule has 1 aromatic heterocycles. The summed E-state index contributed by atoms with van der Waals surface area (Å²) in [6.45, 7) is 1.06. The van der Waals surface area contributed by atoms with Crippen LogP contribution >= 0.6 is 11.6 Å². The molecule has 1 aliphatic heterocycles. The molecular formula is C11H12ClN5O2S. The van der Waals surface area contributed by atoms with Gasteiger partial charge in [-0.3, -0.25) is 0 Å². The molecule has 0 spiro atoms. The van der Waals surface area contributed by atoms with Gasteiger partial charge in [0.05, 0.1) is 11.6 Å². The van der Waals surface area contributed by atoms with Crippen LogP contribution in [0.3, 0.4) is 0 Å². The number of benzene rings is 1. The second-order valence-corrected chi connectivity index (χ2v) is 6.78. The Kier molecular flexibility index (Phi) is 3.15. The zero-order chi connectivity index (χ0) is 14.3. The summed E-state index contributed by atoms with van der Waals surface area (Å²) in [5.74, 6) is 0.617. The van der Waals surface area contributed by atoms with Crippen molar-refractivity contribution < 1.29 is 8.42 Å². The average molecular weight is 314 g/mol. The van der Waals surface area contributed by atoms with Crippen LogP contribution in [-0.4, -0.2) is 34.0 Å². The third kappa shape index (κ3) is 2.15. The summed E-state index contributed by atoms with van der Waals surface area (Å²) in [5, 5.41) is 7.80. The molecule has 0 aliphatic carbocycles. The van der Waals surface area contributed by atoms with Crippen molar-refractivity contribution in [2.75, 3.05) is 12.3 Å². The predicted octanol–water partition coefficient (Wildman–Crippen LogP) is 0.718. The SMILES string of the molecule is Nc1ccc(S(=O)(=O)N2CCn3cnnc3C2)c(Cl)c1. The summed E-state index contributed by atoms with van der Waals surface area (Å²) in [6, 6.07) is 4.37. The Morgan fingerprint density at radius 3 is 2.85 bits per heavy atom. The second-order valence-electron chi connectivity index (χ2n) is 4.47. The molecular weight excluding hydrogens is 302 g/mol. The van der Waals surface area contributed by atoms with Crippen LogP contribution in [0.4, 0.5) is 5.69 Å². The normalized spacial score (nSPS) is 16.1. The lowest BCUT2D eigenvalue weighted by atomic mass is 10.3. The molecule has 0 fully saturated rings. The number of aromatic nitrogens is 3. The van der Waals surface area contributed by atoms with E-state index in [4.69, 9.17) is 17.3 Å². The highest BCUT2D eigenvalue weighted by Crippen LogP contribution is 2.28. The highest BCUT2D eigenvalue weighted by Gasteiger charge is 2.30. The van der Waals surface area contributed by atoms with Crippen molar-refractivity contribution in [2.24, 2.45) is 0 Å². The molecule has 2 heterocycles. The number of fused-ring (bicyclic) bond motifs is 1. The van der Waals surface area contributed by atoms with Crippen LogP contribution < -0.4 is 5.73 Å². The van der Waals surface area contributed by atoms with Gasteiger partial charge >= 0.3 is 0 Å². The first-order valence-corrected chi connectivity index (χ1v) is 7.72. The molecule has 3 rings (SSSR count). The molecule has 1 aliphatic rings. The molecule has 0 unspecified atom stereocenters. The Morgan fingerprint density at radius 1 is 1.30 bits per heavy atom. The van der Waals surface area contributed by atoms with Crippen LogP contribution in [0.5, 0.6) is 0 Å². The Bertz CT molecular complexity index is 758. The predicted molar refractivity (Wildman–Crippen MR) is 73.5 cm³/mol. The lowest BCUT2D eigenvalue weighted by Gasteiger charge is -2.26. The highest BCUT2D eigenvalue weighted by atomic mass is 35.5. The van der Waals surface area contributed by atoms with E-state index in [-0.39, 0.29) is 16.5 Å². The molecule has 2 aromatic rings. The van der Waals surface area contributed by atoms with E-state index in [0.717, 1.165) is 0 Å². The number of halogens is 1. The van der Waals surface area contributed by atoms with Crippen LogP contribution in [-0.2, 0) is 23.1 Å². The number of nitrogens with two attached hydrogens (primary N) is 1. The van der Waals surface area contributed by atoms with E-state index < -0.39 is 10.0 Å². The van der Waals surface area contributed by atoms with Gasteiger partial charge in [0.2, 0.25) is 10.0 Å². The van der Waals surface area contributed by atoms with E-state index in [9.17, 15) is 8.42 Å². The van der Waals surface area contributed by atoms with E-state index >= 15 is 0 Å². The molecule has 1 aromatic carbocycles. The quantitative estimate of drug-likeness (QED) is 0.824. The number of nitrogens with zero attached hydrogens (tertiary/aromatic N) is 4. The topological polar surface area (TPSA) is 94.1 Å². The van der Waals surface area contributed by atoms with Gasteiger partial charge in [0.25, 0.3) is 0 Å². The smallest absolute Gasteiger partial charge is 0.245 e. The van der Waals surface area contributed by atoms with E-state index in [1.54, 1.807) is 6.33 Å². The lowest BCUT2D eigenvalue weighted by molar-refractivity contribution is 0.335. The van der Waals surface area contributed by atoms with Gasteiger partial charge in [-0.05, 0) is 18.2 Å². The number of anilines is 1. The van der Waals surface area contributed by atoms with Crippen LogP contribution in [0, 0.1) is 0 Å². The summed E-state index contributed by atoms with van der Waals surface area (Å²) in [4.78, 5) is 0.0568. The molecule has 9 heteroatoms. The molecule has 0 saturated carbocycles. The minimum atomic E-state index is -3.67. The van der Waals surface area contributed by atoms with Crippen LogP contribution in [0.25, 0.3) is 0 Å². The monoisotopic (exact) mass is 313 g/mol. The Balaban J connectivity index is 1.97. The zero-order valence-electron chi connectivity index (χ0n) is 10.4. The molecule has 20 heavy (non-hydrogen) atoms. The summed E-state index contributed by atoms with van der Waals surface area (Å²) < 4.78 is 28.4. The summed E-state index contributed by atoms with van der Waals surface area (Å²) in [7, 11) is -3.67. The minimum Gasteiger partial charge on any atom is -0.399 e. The molecule has 2 N–H and O–H groups in total. The molecule has 0 bridgehead atoms. The van der Waals surface area contributed by atoms with Gasteiger partial charge in [-0.1, -0.05) is 11.6 Å². The number of rotatable bonds is 2. The molecule has 0 amide bonds. The van der Waals surface area contributed by atoms with Crippen LogP contribution in [0.1, 0.15) is 5.82 Å². The molecule has 106 valence electrons. The van der Waals surface area contributed by atoms with Crippen LogP contribution in [0.15, 0.2) is 29.4 Å². The first kappa shape index (κ1) is 13.3. The second kappa shape index (κ2) is 4.72. The van der Waals surface area contributed by atoms with Gasteiger partial charge < -0.3 is 10.3 Å². The van der Waals surface area contributed by atoms with Gasteiger partial charge in [0.15, 0.2) is 0 Å². The van der Waals surface area contributed by atoms with Crippen molar-refractivity contribution in [1.29, 1.82) is 0 Å². The van der Waals surface area contributed by atoms with Gasteiger partial charge in [0.1, 0.15) is 17.0 Å². The molecule has 0 radical (unpaired) electrons. The maximum absolute atomic E-state index is 12.6. The summed E-state index contributed by atoms with van der Waals surface area (Å²) in [5.41, 5.74) is 6.01. The zero-order valence-corrected chi connectivity index (χ0v) is 12.0. The number of hydrogen-bond donors (Lipinski definition) is 1. The molecule has 0 saturated heterocycles. The van der Waals surface area contributed by atoms with Crippen molar-refractivity contribution >= 4 is 27.3 Å². The van der Waals surface area contributed by atoms with Gasteiger partial charge in [-0.25, -0.2) is 8.42 Å². The summed E-state index contributed by atoms with van der Waals surface area (Å²) >= 11 is 5.99.